The third-order valence-electron chi connectivity index (χ3n) is 2.70. The van der Waals surface area contributed by atoms with Crippen molar-refractivity contribution in [1.82, 2.24) is 0 Å². The lowest BCUT2D eigenvalue weighted by Gasteiger charge is -2.07. The first-order valence-electron chi connectivity index (χ1n) is 5.85. The molecule has 3 nitrogen and oxygen atoms in total. The molecule has 2 aromatic rings. The molecule has 0 atom stereocenters. The lowest BCUT2D eigenvalue weighted by Crippen LogP contribution is -2.14. The van der Waals surface area contributed by atoms with E-state index >= 15 is 0 Å². The minimum atomic E-state index is -0.940. The van der Waals surface area contributed by atoms with E-state index in [1.54, 1.807) is 18.2 Å². The monoisotopic (exact) mass is 275 g/mol. The normalized spacial score (nSPS) is 10.2. The van der Waals surface area contributed by atoms with Crippen LogP contribution >= 0.6 is 0 Å². The van der Waals surface area contributed by atoms with E-state index in [0.29, 0.717) is 17.3 Å². The van der Waals surface area contributed by atoms with E-state index in [-0.39, 0.29) is 11.3 Å². The highest BCUT2D eigenvalue weighted by Gasteiger charge is 2.13. The van der Waals surface area contributed by atoms with Crippen molar-refractivity contribution in [3.05, 3.63) is 65.2 Å². The number of hydrogen-bond acceptors (Lipinski definition) is 2. The second-order valence-electron chi connectivity index (χ2n) is 4.22. The first kappa shape index (κ1) is 13.9. The first-order chi connectivity index (χ1) is 9.47. The number of nitrogens with one attached hydrogen (secondary N) is 1. The molecule has 1 N–H and O–H groups in total. The maximum absolute atomic E-state index is 13.5. The molecule has 0 aliphatic heterocycles. The number of Topliss-reactive ketones (excluding diaryl/α,β-unsaturated/α-hetero) is 1. The Kier molecular flexibility index (Phi) is 3.89. The van der Waals surface area contributed by atoms with Crippen LogP contribution in [0.2, 0.25) is 0 Å². The summed E-state index contributed by atoms with van der Waals surface area (Å²) >= 11 is 0. The van der Waals surface area contributed by atoms with Crippen LogP contribution < -0.4 is 5.32 Å². The molecule has 0 aliphatic rings. The van der Waals surface area contributed by atoms with Gasteiger partial charge in [-0.15, -0.1) is 0 Å². The zero-order valence-corrected chi connectivity index (χ0v) is 10.6. The Morgan fingerprint density at radius 1 is 1.05 bits per heavy atom. The van der Waals surface area contributed by atoms with E-state index in [9.17, 15) is 18.4 Å². The second-order valence-corrected chi connectivity index (χ2v) is 4.22. The molecule has 1 amide bonds. The summed E-state index contributed by atoms with van der Waals surface area (Å²) in [5.41, 5.74) is 0.536. The zero-order valence-electron chi connectivity index (χ0n) is 10.6. The number of amides is 1. The molecule has 0 saturated carbocycles. The fourth-order valence-electron chi connectivity index (χ4n) is 1.69. The summed E-state index contributed by atoms with van der Waals surface area (Å²) < 4.78 is 26.2. The van der Waals surface area contributed by atoms with Gasteiger partial charge in [-0.25, -0.2) is 8.78 Å². The molecule has 2 rings (SSSR count). The molecule has 0 saturated heterocycles. The van der Waals surface area contributed by atoms with Gasteiger partial charge >= 0.3 is 0 Å². The van der Waals surface area contributed by atoms with Crippen LogP contribution in [0.5, 0.6) is 0 Å². The molecule has 0 spiro atoms. The van der Waals surface area contributed by atoms with Crippen LogP contribution in [0.25, 0.3) is 0 Å². The lowest BCUT2D eigenvalue weighted by atomic mass is 10.1. The Hall–Kier alpha value is -2.56. The number of carbonyl (C=O) groups is 2. The van der Waals surface area contributed by atoms with Crippen molar-refractivity contribution in [3.8, 4) is 0 Å². The van der Waals surface area contributed by atoms with Gasteiger partial charge in [0.25, 0.3) is 5.91 Å². The molecule has 0 aromatic heterocycles. The minimum absolute atomic E-state index is 0.144. The van der Waals surface area contributed by atoms with Crippen LogP contribution in [0, 0.1) is 11.6 Å². The summed E-state index contributed by atoms with van der Waals surface area (Å²) in [5, 5.41) is 2.46. The van der Waals surface area contributed by atoms with Crippen LogP contribution in [0.3, 0.4) is 0 Å². The number of hydrogen-bond donors (Lipinski definition) is 1. The van der Waals surface area contributed by atoms with E-state index in [1.807, 2.05) is 0 Å². The molecule has 0 fully saturated rings. The maximum Gasteiger partial charge on any atom is 0.258 e. The van der Waals surface area contributed by atoms with E-state index in [2.05, 4.69) is 5.32 Å². The van der Waals surface area contributed by atoms with Gasteiger partial charge in [0, 0.05) is 17.3 Å². The smallest absolute Gasteiger partial charge is 0.258 e. The molecule has 0 bridgehead atoms. The predicted octanol–water partition coefficient (Wildman–Crippen LogP) is 3.42. The highest BCUT2D eigenvalue weighted by atomic mass is 19.1. The molecule has 0 unspecified atom stereocenters. The van der Waals surface area contributed by atoms with E-state index < -0.39 is 17.5 Å². The second kappa shape index (κ2) is 5.61. The van der Waals surface area contributed by atoms with Crippen LogP contribution in [-0.4, -0.2) is 11.7 Å². The fourth-order valence-corrected chi connectivity index (χ4v) is 1.69. The average molecular weight is 275 g/mol. The van der Waals surface area contributed by atoms with Crippen molar-refractivity contribution in [2.75, 3.05) is 5.32 Å². The Bertz CT molecular complexity index is 683. The van der Waals surface area contributed by atoms with Gasteiger partial charge in [0.2, 0.25) is 0 Å². The van der Waals surface area contributed by atoms with Gasteiger partial charge in [-0.1, -0.05) is 12.1 Å². The van der Waals surface area contributed by atoms with Crippen molar-refractivity contribution in [3.63, 3.8) is 0 Å². The molecule has 102 valence electrons. The largest absolute Gasteiger partial charge is 0.322 e. The summed E-state index contributed by atoms with van der Waals surface area (Å²) in [4.78, 5) is 23.1. The van der Waals surface area contributed by atoms with Gasteiger partial charge in [-0.3, -0.25) is 9.59 Å². The first-order valence-corrected chi connectivity index (χ1v) is 5.85. The van der Waals surface area contributed by atoms with Crippen molar-refractivity contribution < 1.29 is 18.4 Å². The van der Waals surface area contributed by atoms with Gasteiger partial charge < -0.3 is 5.32 Å². The minimum Gasteiger partial charge on any atom is -0.322 e. The summed E-state index contributed by atoms with van der Waals surface area (Å²) in [6.45, 7) is 1.40. The van der Waals surface area contributed by atoms with Gasteiger partial charge in [0.15, 0.2) is 5.78 Å². The van der Waals surface area contributed by atoms with Crippen LogP contribution in [-0.2, 0) is 0 Å². The van der Waals surface area contributed by atoms with Crippen LogP contribution in [0.1, 0.15) is 27.6 Å². The molecule has 0 radical (unpaired) electrons. The number of carbonyl (C=O) groups excluding carboxylic acids is 2. The Labute approximate surface area is 114 Å². The molecule has 2 aromatic carbocycles. The van der Waals surface area contributed by atoms with Gasteiger partial charge in [0.05, 0.1) is 5.56 Å². The number of benzene rings is 2. The number of anilines is 1. The fraction of sp³-hybridized carbons (Fsp3) is 0.0667. The highest BCUT2D eigenvalue weighted by Crippen LogP contribution is 2.15. The number of halogens is 2. The Balaban J connectivity index is 2.23. The highest BCUT2D eigenvalue weighted by molar-refractivity contribution is 6.05. The third-order valence-corrected chi connectivity index (χ3v) is 2.70. The zero-order chi connectivity index (χ0) is 14.7. The van der Waals surface area contributed by atoms with Crippen molar-refractivity contribution in [2.24, 2.45) is 0 Å². The number of ketones is 1. The Morgan fingerprint density at radius 3 is 2.45 bits per heavy atom. The van der Waals surface area contributed by atoms with Crippen molar-refractivity contribution in [1.29, 1.82) is 0 Å². The molecular formula is C15H11F2NO2. The van der Waals surface area contributed by atoms with Gasteiger partial charge in [-0.2, -0.15) is 0 Å². The predicted molar refractivity (Wildman–Crippen MR) is 70.8 cm³/mol. The summed E-state index contributed by atoms with van der Waals surface area (Å²) in [6.07, 6.45) is 0. The maximum atomic E-state index is 13.5. The lowest BCUT2D eigenvalue weighted by molar-refractivity contribution is 0.100. The van der Waals surface area contributed by atoms with Crippen molar-refractivity contribution in [2.45, 2.75) is 6.92 Å². The average Bonchev–Trinajstić information content (AvgIpc) is 2.38. The molecule has 5 heteroatoms. The quantitative estimate of drug-likeness (QED) is 0.872. The summed E-state index contributed by atoms with van der Waals surface area (Å²) in [6, 6.07) is 8.98. The standard InChI is InChI=1S/C15H11F2NO2/c1-9(19)10-3-2-4-12(7-10)18-15(20)13-6-5-11(16)8-14(13)17/h2-8H,1H3,(H,18,20). The topological polar surface area (TPSA) is 46.2 Å². The molecular weight excluding hydrogens is 264 g/mol. The van der Waals surface area contributed by atoms with Crippen LogP contribution in [0.15, 0.2) is 42.5 Å². The van der Waals surface area contributed by atoms with E-state index in [0.717, 1.165) is 12.1 Å². The number of rotatable bonds is 3. The van der Waals surface area contributed by atoms with Crippen molar-refractivity contribution >= 4 is 17.4 Å². The van der Waals surface area contributed by atoms with E-state index in [1.165, 1.54) is 13.0 Å². The van der Waals surface area contributed by atoms with E-state index in [4.69, 9.17) is 0 Å². The van der Waals surface area contributed by atoms with Crippen LogP contribution in [0.4, 0.5) is 14.5 Å². The SMILES string of the molecule is CC(=O)c1cccc(NC(=O)c2ccc(F)cc2F)c1. The molecule has 20 heavy (non-hydrogen) atoms. The summed E-state index contributed by atoms with van der Waals surface area (Å²) in [5.74, 6) is -2.54. The third kappa shape index (κ3) is 3.06. The van der Waals surface area contributed by atoms with Gasteiger partial charge in [-0.05, 0) is 31.2 Å². The Morgan fingerprint density at radius 2 is 1.80 bits per heavy atom. The molecule has 0 aliphatic carbocycles. The molecule has 0 heterocycles. The van der Waals surface area contributed by atoms with Gasteiger partial charge in [0.1, 0.15) is 11.6 Å². The summed E-state index contributed by atoms with van der Waals surface area (Å²) in [7, 11) is 0.